The summed E-state index contributed by atoms with van der Waals surface area (Å²) in [5.41, 5.74) is -0.157. The van der Waals surface area contributed by atoms with Crippen LogP contribution in [-0.2, 0) is 5.41 Å². The number of carbonyl (C=O) groups excluding carboxylic acids is 1. The summed E-state index contributed by atoms with van der Waals surface area (Å²) in [4.78, 5) is 17.8. The summed E-state index contributed by atoms with van der Waals surface area (Å²) in [6.45, 7) is 6.95. The standard InChI is InChI=1S/C11H18N4O2/c1-11(2,3)10-12-8(13-14-10)9(17)15-5-4-7(16)6-15/h7,16H,4-6H2,1-3H3,(H,12,13,14)/t7-/m0/s1. The van der Waals surface area contributed by atoms with Crippen molar-refractivity contribution in [3.05, 3.63) is 11.6 Å². The summed E-state index contributed by atoms with van der Waals surface area (Å²) in [7, 11) is 0. The van der Waals surface area contributed by atoms with Gasteiger partial charge < -0.3 is 10.0 Å². The summed E-state index contributed by atoms with van der Waals surface area (Å²) in [5.74, 6) is 0.665. The van der Waals surface area contributed by atoms with E-state index in [0.717, 1.165) is 0 Å². The highest BCUT2D eigenvalue weighted by atomic mass is 16.3. The number of hydrogen-bond donors (Lipinski definition) is 2. The van der Waals surface area contributed by atoms with Crippen molar-refractivity contribution in [3.63, 3.8) is 0 Å². The monoisotopic (exact) mass is 238 g/mol. The van der Waals surface area contributed by atoms with Crippen LogP contribution in [0.1, 0.15) is 43.6 Å². The van der Waals surface area contributed by atoms with Gasteiger partial charge in [-0.15, -0.1) is 5.10 Å². The van der Waals surface area contributed by atoms with Crippen LogP contribution in [0.4, 0.5) is 0 Å². The second kappa shape index (κ2) is 4.10. The number of β-amino-alcohol motifs (C(OH)–C–C–N with tert-alkyl or cyclic N) is 1. The molecule has 2 N–H and O–H groups in total. The first-order valence-corrected chi connectivity index (χ1v) is 5.78. The summed E-state index contributed by atoms with van der Waals surface area (Å²) in [5, 5.41) is 16.1. The van der Waals surface area contributed by atoms with Gasteiger partial charge in [-0.25, -0.2) is 4.98 Å². The van der Waals surface area contributed by atoms with Crippen molar-refractivity contribution in [1.29, 1.82) is 0 Å². The molecule has 2 rings (SSSR count). The van der Waals surface area contributed by atoms with Crippen LogP contribution in [0.5, 0.6) is 0 Å². The minimum atomic E-state index is -0.417. The molecule has 94 valence electrons. The number of rotatable bonds is 1. The Kier molecular flexibility index (Phi) is 2.91. The van der Waals surface area contributed by atoms with Crippen LogP contribution in [0.3, 0.4) is 0 Å². The lowest BCUT2D eigenvalue weighted by atomic mass is 9.96. The van der Waals surface area contributed by atoms with Crippen molar-refractivity contribution >= 4 is 5.91 Å². The Bertz CT molecular complexity index is 421. The minimum absolute atomic E-state index is 0.157. The molecule has 0 bridgehead atoms. The summed E-state index contributed by atoms with van der Waals surface area (Å²) in [6.07, 6.45) is 0.211. The zero-order valence-electron chi connectivity index (χ0n) is 10.4. The maximum atomic E-state index is 12.0. The second-order valence-corrected chi connectivity index (χ2v) is 5.45. The fourth-order valence-electron chi connectivity index (χ4n) is 1.76. The van der Waals surface area contributed by atoms with Gasteiger partial charge in [-0.05, 0) is 6.42 Å². The maximum Gasteiger partial charge on any atom is 0.293 e. The highest BCUT2D eigenvalue weighted by molar-refractivity contribution is 5.90. The lowest BCUT2D eigenvalue weighted by molar-refractivity contribution is 0.0753. The van der Waals surface area contributed by atoms with Gasteiger partial charge in [-0.3, -0.25) is 9.89 Å². The van der Waals surface area contributed by atoms with Crippen molar-refractivity contribution in [3.8, 4) is 0 Å². The lowest BCUT2D eigenvalue weighted by Crippen LogP contribution is -2.30. The lowest BCUT2D eigenvalue weighted by Gasteiger charge is -2.14. The van der Waals surface area contributed by atoms with Crippen molar-refractivity contribution < 1.29 is 9.90 Å². The van der Waals surface area contributed by atoms with Crippen LogP contribution >= 0.6 is 0 Å². The first kappa shape index (κ1) is 12.0. The van der Waals surface area contributed by atoms with Crippen molar-refractivity contribution in [2.24, 2.45) is 0 Å². The summed E-state index contributed by atoms with van der Waals surface area (Å²) < 4.78 is 0. The van der Waals surface area contributed by atoms with Gasteiger partial charge in [0.25, 0.3) is 5.91 Å². The number of hydrogen-bond acceptors (Lipinski definition) is 4. The number of aromatic amines is 1. The Labute approximate surface area is 100 Å². The predicted octanol–water partition coefficient (Wildman–Crippen LogP) is 0.309. The molecule has 17 heavy (non-hydrogen) atoms. The molecule has 0 unspecified atom stereocenters. The van der Waals surface area contributed by atoms with Gasteiger partial charge in [0.15, 0.2) is 0 Å². The molecule has 2 heterocycles. The Morgan fingerprint density at radius 2 is 2.24 bits per heavy atom. The average molecular weight is 238 g/mol. The number of aliphatic hydroxyl groups excluding tert-OH is 1. The van der Waals surface area contributed by atoms with Gasteiger partial charge in [0, 0.05) is 18.5 Å². The van der Waals surface area contributed by atoms with E-state index in [9.17, 15) is 9.90 Å². The van der Waals surface area contributed by atoms with E-state index >= 15 is 0 Å². The number of carbonyl (C=O) groups is 1. The van der Waals surface area contributed by atoms with Crippen molar-refractivity contribution in [1.82, 2.24) is 20.1 Å². The third-order valence-electron chi connectivity index (χ3n) is 2.84. The molecule has 1 aliphatic heterocycles. The first-order valence-electron chi connectivity index (χ1n) is 5.78. The molecule has 6 nitrogen and oxygen atoms in total. The van der Waals surface area contributed by atoms with E-state index in [1.54, 1.807) is 4.90 Å². The third kappa shape index (κ3) is 2.46. The summed E-state index contributed by atoms with van der Waals surface area (Å²) >= 11 is 0. The molecule has 1 fully saturated rings. The van der Waals surface area contributed by atoms with Gasteiger partial charge in [0.1, 0.15) is 5.82 Å². The quantitative estimate of drug-likeness (QED) is 0.737. The predicted molar refractivity (Wildman–Crippen MR) is 61.6 cm³/mol. The molecule has 0 radical (unpaired) electrons. The SMILES string of the molecule is CC(C)(C)c1nc(C(=O)N2CC[C@H](O)C2)n[nH]1. The molecule has 1 aliphatic rings. The van der Waals surface area contributed by atoms with E-state index in [0.29, 0.717) is 25.3 Å². The molecule has 1 atom stereocenters. The van der Waals surface area contributed by atoms with E-state index in [2.05, 4.69) is 15.2 Å². The smallest absolute Gasteiger partial charge is 0.293 e. The highest BCUT2D eigenvalue weighted by Crippen LogP contribution is 2.18. The average Bonchev–Trinajstić information content (AvgIpc) is 2.83. The largest absolute Gasteiger partial charge is 0.391 e. The molecular formula is C11H18N4O2. The molecule has 0 saturated carbocycles. The number of aliphatic hydroxyl groups is 1. The Morgan fingerprint density at radius 3 is 2.71 bits per heavy atom. The molecule has 1 aromatic heterocycles. The number of amides is 1. The molecule has 1 aromatic rings. The van der Waals surface area contributed by atoms with Crippen LogP contribution in [-0.4, -0.2) is 50.3 Å². The number of aromatic nitrogens is 3. The van der Waals surface area contributed by atoms with E-state index in [-0.39, 0.29) is 17.1 Å². The molecule has 1 amide bonds. The van der Waals surface area contributed by atoms with E-state index in [1.807, 2.05) is 20.8 Å². The molecule has 1 saturated heterocycles. The minimum Gasteiger partial charge on any atom is -0.391 e. The second-order valence-electron chi connectivity index (χ2n) is 5.45. The Hall–Kier alpha value is -1.43. The van der Waals surface area contributed by atoms with Gasteiger partial charge in [0.05, 0.1) is 6.10 Å². The maximum absolute atomic E-state index is 12.0. The zero-order chi connectivity index (χ0) is 12.6. The van der Waals surface area contributed by atoms with E-state index < -0.39 is 6.10 Å². The van der Waals surface area contributed by atoms with Crippen LogP contribution in [0.25, 0.3) is 0 Å². The molecular weight excluding hydrogens is 220 g/mol. The number of likely N-dealkylation sites (tertiary alicyclic amines) is 1. The first-order chi connectivity index (χ1) is 7.88. The number of nitrogens with zero attached hydrogens (tertiary/aromatic N) is 3. The molecule has 0 aromatic carbocycles. The van der Waals surface area contributed by atoms with Gasteiger partial charge in [-0.2, -0.15) is 0 Å². The normalized spacial score (nSPS) is 20.9. The van der Waals surface area contributed by atoms with Gasteiger partial charge in [-0.1, -0.05) is 20.8 Å². The fraction of sp³-hybridized carbons (Fsp3) is 0.727. The van der Waals surface area contributed by atoms with Gasteiger partial charge >= 0.3 is 0 Å². The topological polar surface area (TPSA) is 82.1 Å². The van der Waals surface area contributed by atoms with Crippen LogP contribution < -0.4 is 0 Å². The van der Waals surface area contributed by atoms with Crippen LogP contribution in [0, 0.1) is 0 Å². The molecule has 0 spiro atoms. The number of nitrogens with one attached hydrogen (secondary N) is 1. The van der Waals surface area contributed by atoms with Crippen molar-refractivity contribution in [2.45, 2.75) is 38.7 Å². The van der Waals surface area contributed by atoms with E-state index in [4.69, 9.17) is 0 Å². The zero-order valence-corrected chi connectivity index (χ0v) is 10.4. The summed E-state index contributed by atoms with van der Waals surface area (Å²) in [6, 6.07) is 0. The third-order valence-corrected chi connectivity index (χ3v) is 2.84. The molecule has 6 heteroatoms. The highest BCUT2D eigenvalue weighted by Gasteiger charge is 2.29. The van der Waals surface area contributed by atoms with E-state index in [1.165, 1.54) is 0 Å². The molecule has 0 aliphatic carbocycles. The fourth-order valence-corrected chi connectivity index (χ4v) is 1.76. The van der Waals surface area contributed by atoms with Gasteiger partial charge in [0.2, 0.25) is 5.82 Å². The number of H-pyrrole nitrogens is 1. The van der Waals surface area contributed by atoms with Crippen LogP contribution in [0.15, 0.2) is 0 Å². The van der Waals surface area contributed by atoms with Crippen LogP contribution in [0.2, 0.25) is 0 Å². The van der Waals surface area contributed by atoms with Crippen molar-refractivity contribution in [2.75, 3.05) is 13.1 Å². The Morgan fingerprint density at radius 1 is 1.53 bits per heavy atom. The Balaban J connectivity index is 2.13.